The number of allylic oxidation sites excluding steroid dienone is 11. The van der Waals surface area contributed by atoms with E-state index >= 15 is 0 Å². The van der Waals surface area contributed by atoms with Crippen LogP contribution in [0, 0.1) is 0 Å². The van der Waals surface area contributed by atoms with Gasteiger partial charge in [0.2, 0.25) is 5.91 Å². The van der Waals surface area contributed by atoms with Crippen LogP contribution in [0.4, 0.5) is 0 Å². The van der Waals surface area contributed by atoms with Crippen LogP contribution in [0.5, 0.6) is 0 Å². The monoisotopic (exact) mass is 1030 g/mol. The minimum atomic E-state index is -1.62. The van der Waals surface area contributed by atoms with E-state index in [9.17, 15) is 35.1 Å². The van der Waals surface area contributed by atoms with Gasteiger partial charge in [0.05, 0.1) is 25.4 Å². The molecule has 1 rings (SSSR count). The quantitative estimate of drug-likeness (QED) is 0.0149. The average molecular weight is 1030 g/mol. The van der Waals surface area contributed by atoms with Crippen molar-refractivity contribution in [1.29, 1.82) is 0 Å². The van der Waals surface area contributed by atoms with Crippen molar-refractivity contribution in [3.05, 3.63) is 72.9 Å². The molecular formula is C62H109NO10. The van der Waals surface area contributed by atoms with Crippen LogP contribution < -0.4 is 5.32 Å². The molecule has 1 amide bonds. The first-order valence-electron chi connectivity index (χ1n) is 29.8. The SMILES string of the molecule is CC/C=C/C=C/C=C\C=C/CCCCC(O)C(=O)NC(COC1OC(CO)C(O)C(O)C1OC(=O)CCCCCCCCCCC/C=C/CCCCCCCC)C(O)/C=C/CCCCCCCCCCCCC. The predicted octanol–water partition coefficient (Wildman–Crippen LogP) is 13.6. The van der Waals surface area contributed by atoms with Crippen molar-refractivity contribution in [3.63, 3.8) is 0 Å². The second-order valence-electron chi connectivity index (χ2n) is 20.4. The van der Waals surface area contributed by atoms with Gasteiger partial charge in [-0.25, -0.2) is 0 Å². The average Bonchev–Trinajstić information content (AvgIpc) is 3.39. The molecular weight excluding hydrogens is 919 g/mol. The highest BCUT2D eigenvalue weighted by atomic mass is 16.7. The molecule has 0 radical (unpaired) electrons. The number of amides is 1. The Balaban J connectivity index is 2.71. The Morgan fingerprint density at radius 3 is 1.52 bits per heavy atom. The maximum atomic E-state index is 13.3. The molecule has 73 heavy (non-hydrogen) atoms. The molecule has 1 fully saturated rings. The summed E-state index contributed by atoms with van der Waals surface area (Å²) in [6, 6.07) is -1.05. The minimum Gasteiger partial charge on any atom is -0.454 e. The molecule has 0 aliphatic carbocycles. The van der Waals surface area contributed by atoms with E-state index in [-0.39, 0.29) is 19.4 Å². The number of ether oxygens (including phenoxy) is 3. The lowest BCUT2D eigenvalue weighted by molar-refractivity contribution is -0.305. The zero-order valence-corrected chi connectivity index (χ0v) is 46.5. The van der Waals surface area contributed by atoms with Gasteiger partial charge in [0.15, 0.2) is 12.4 Å². The minimum absolute atomic E-state index is 0.114. The number of hydrogen-bond acceptors (Lipinski definition) is 10. The van der Waals surface area contributed by atoms with E-state index in [0.717, 1.165) is 57.8 Å². The fourth-order valence-corrected chi connectivity index (χ4v) is 8.95. The van der Waals surface area contributed by atoms with Crippen molar-refractivity contribution in [2.75, 3.05) is 13.2 Å². The number of esters is 1. The van der Waals surface area contributed by atoms with Gasteiger partial charge in [-0.15, -0.1) is 0 Å². The van der Waals surface area contributed by atoms with Gasteiger partial charge in [0, 0.05) is 6.42 Å². The number of carbonyl (C=O) groups is 2. The lowest BCUT2D eigenvalue weighted by Gasteiger charge is -2.41. The third-order valence-electron chi connectivity index (χ3n) is 13.7. The van der Waals surface area contributed by atoms with Crippen molar-refractivity contribution in [1.82, 2.24) is 5.32 Å². The fourth-order valence-electron chi connectivity index (χ4n) is 8.95. The molecule has 8 unspecified atom stereocenters. The summed E-state index contributed by atoms with van der Waals surface area (Å²) in [4.78, 5) is 26.5. The van der Waals surface area contributed by atoms with Crippen LogP contribution in [-0.2, 0) is 23.8 Å². The Kier molecular flexibility index (Phi) is 46.6. The third kappa shape index (κ3) is 38.3. The van der Waals surface area contributed by atoms with Crippen LogP contribution in [-0.4, -0.2) is 99.6 Å². The highest BCUT2D eigenvalue weighted by molar-refractivity contribution is 5.80. The summed E-state index contributed by atoms with van der Waals surface area (Å²) in [7, 11) is 0. The zero-order valence-electron chi connectivity index (χ0n) is 46.5. The molecule has 0 saturated carbocycles. The van der Waals surface area contributed by atoms with Crippen LogP contribution in [0.25, 0.3) is 0 Å². The molecule has 11 heteroatoms. The Morgan fingerprint density at radius 1 is 0.548 bits per heavy atom. The van der Waals surface area contributed by atoms with E-state index < -0.39 is 67.4 Å². The molecule has 422 valence electrons. The predicted molar refractivity (Wildman–Crippen MR) is 301 cm³/mol. The van der Waals surface area contributed by atoms with Crippen LogP contribution in [0.2, 0.25) is 0 Å². The normalized spacial score (nSPS) is 19.9. The Hall–Kier alpha value is -2.90. The van der Waals surface area contributed by atoms with Crippen molar-refractivity contribution in [2.45, 2.75) is 294 Å². The van der Waals surface area contributed by atoms with Gasteiger partial charge in [-0.3, -0.25) is 9.59 Å². The summed E-state index contributed by atoms with van der Waals surface area (Å²) >= 11 is 0. The summed E-state index contributed by atoms with van der Waals surface area (Å²) in [6.07, 6.45) is 52.4. The van der Waals surface area contributed by atoms with Gasteiger partial charge in [-0.2, -0.15) is 0 Å². The van der Waals surface area contributed by atoms with Crippen molar-refractivity contribution in [2.24, 2.45) is 0 Å². The maximum Gasteiger partial charge on any atom is 0.306 e. The van der Waals surface area contributed by atoms with Gasteiger partial charge < -0.3 is 45.1 Å². The highest BCUT2D eigenvalue weighted by Gasteiger charge is 2.47. The topological polar surface area (TPSA) is 175 Å². The van der Waals surface area contributed by atoms with Gasteiger partial charge in [0.1, 0.15) is 24.4 Å². The molecule has 0 aromatic rings. The van der Waals surface area contributed by atoms with E-state index in [1.54, 1.807) is 6.08 Å². The molecule has 11 nitrogen and oxygen atoms in total. The first-order chi connectivity index (χ1) is 35.7. The third-order valence-corrected chi connectivity index (χ3v) is 13.7. The van der Waals surface area contributed by atoms with Crippen molar-refractivity contribution < 1.29 is 49.3 Å². The van der Waals surface area contributed by atoms with Gasteiger partial charge >= 0.3 is 5.97 Å². The number of rotatable bonds is 49. The van der Waals surface area contributed by atoms with E-state index in [4.69, 9.17) is 14.2 Å². The van der Waals surface area contributed by atoms with E-state index in [2.05, 4.69) is 44.3 Å². The van der Waals surface area contributed by atoms with Gasteiger partial charge in [-0.1, -0.05) is 241 Å². The molecule has 0 aromatic heterocycles. The van der Waals surface area contributed by atoms with Gasteiger partial charge in [-0.05, 0) is 70.6 Å². The molecule has 1 aliphatic heterocycles. The lowest BCUT2D eigenvalue weighted by Crippen LogP contribution is -2.61. The Labute approximate surface area is 445 Å². The van der Waals surface area contributed by atoms with Crippen LogP contribution in [0.3, 0.4) is 0 Å². The zero-order chi connectivity index (χ0) is 53.3. The second kappa shape index (κ2) is 49.9. The number of nitrogens with one attached hydrogen (secondary N) is 1. The number of aliphatic hydroxyl groups is 5. The molecule has 0 bridgehead atoms. The highest BCUT2D eigenvalue weighted by Crippen LogP contribution is 2.26. The fraction of sp³-hybridized carbons (Fsp3) is 0.774. The smallest absolute Gasteiger partial charge is 0.306 e. The molecule has 0 spiro atoms. The summed E-state index contributed by atoms with van der Waals surface area (Å²) in [5, 5.41) is 56.8. The molecule has 0 aromatic carbocycles. The first-order valence-corrected chi connectivity index (χ1v) is 29.8. The van der Waals surface area contributed by atoms with Crippen LogP contribution in [0.15, 0.2) is 72.9 Å². The van der Waals surface area contributed by atoms with Crippen molar-refractivity contribution >= 4 is 11.9 Å². The van der Waals surface area contributed by atoms with E-state index in [1.165, 1.54) is 141 Å². The first kappa shape index (κ1) is 68.1. The molecule has 1 saturated heterocycles. The summed E-state index contributed by atoms with van der Waals surface area (Å²) in [5.41, 5.74) is 0. The summed E-state index contributed by atoms with van der Waals surface area (Å²) in [5.74, 6) is -1.24. The molecule has 8 atom stereocenters. The second-order valence-corrected chi connectivity index (χ2v) is 20.4. The van der Waals surface area contributed by atoms with Crippen LogP contribution >= 0.6 is 0 Å². The van der Waals surface area contributed by atoms with Crippen molar-refractivity contribution in [3.8, 4) is 0 Å². The number of unbranched alkanes of at least 4 members (excludes halogenated alkanes) is 28. The maximum absolute atomic E-state index is 13.3. The van der Waals surface area contributed by atoms with E-state index in [0.29, 0.717) is 12.8 Å². The Morgan fingerprint density at radius 2 is 1.00 bits per heavy atom. The molecule has 6 N–H and O–H groups in total. The standard InChI is InChI=1S/C62H109NO10/c1-4-7-10-13-16-19-22-25-26-27-28-29-30-32-35-38-41-44-47-50-57(67)73-60-59(69)58(68)56(51-64)72-62(60)71-52-53(54(65)48-45-42-39-36-34-31-23-20-17-14-11-8-5-2)63-61(70)55(66)49-46-43-40-37-33-24-21-18-15-12-9-6-3/h9,12,15,18,21,24-26,33,37,45,48,53-56,58-60,62,64-66,68-69H,4-8,10-11,13-14,16-17,19-20,22-23,27-32,34-36,38-44,46-47,49-52H2,1-3H3,(H,63,70)/b12-9+,18-15+,24-21-,26-25+,37-33-,48-45+. The summed E-state index contributed by atoms with van der Waals surface area (Å²) in [6.45, 7) is 5.61. The Bertz CT molecular complexity index is 1460. The number of aliphatic hydroxyl groups excluding tert-OH is 5. The van der Waals surface area contributed by atoms with Gasteiger partial charge in [0.25, 0.3) is 0 Å². The number of hydrogen-bond donors (Lipinski definition) is 6. The lowest BCUT2D eigenvalue weighted by atomic mass is 9.99. The largest absolute Gasteiger partial charge is 0.454 e. The molecule has 1 aliphatic rings. The van der Waals surface area contributed by atoms with E-state index in [1.807, 2.05) is 48.6 Å². The molecule has 1 heterocycles. The number of carbonyl (C=O) groups excluding carboxylic acids is 2. The summed E-state index contributed by atoms with van der Waals surface area (Å²) < 4.78 is 17.6. The van der Waals surface area contributed by atoms with Crippen LogP contribution in [0.1, 0.15) is 245 Å².